The Morgan fingerprint density at radius 1 is 0.621 bits per heavy atom. The van der Waals surface area contributed by atoms with Gasteiger partial charge in [-0.1, -0.05) is 38.5 Å². The van der Waals surface area contributed by atoms with Crippen LogP contribution in [0.1, 0.15) is 77.0 Å². The average Bonchev–Trinajstić information content (AvgIpc) is 2.63. The first kappa shape index (κ1) is 28.7. The molecule has 0 radical (unpaired) electrons. The lowest BCUT2D eigenvalue weighted by atomic mass is 9.95. The normalized spacial score (nSPS) is 19.1. The summed E-state index contributed by atoms with van der Waals surface area (Å²) in [5.74, 6) is -0.264. The summed E-state index contributed by atoms with van der Waals surface area (Å²) in [6.07, 6.45) is 13.5. The summed E-state index contributed by atoms with van der Waals surface area (Å²) in [7, 11) is -7.53. The van der Waals surface area contributed by atoms with E-state index in [1.165, 1.54) is 64.2 Å². The van der Waals surface area contributed by atoms with Gasteiger partial charge in [-0.15, -0.1) is 0 Å². The fourth-order valence-electron chi connectivity index (χ4n) is 3.73. The molecule has 0 aromatic rings. The van der Waals surface area contributed by atoms with E-state index >= 15 is 0 Å². The summed E-state index contributed by atoms with van der Waals surface area (Å²) in [6, 6.07) is 1.12. The summed E-state index contributed by atoms with van der Waals surface area (Å²) in [5, 5.41) is 6.64. The van der Waals surface area contributed by atoms with E-state index in [1.54, 1.807) is 0 Å². The van der Waals surface area contributed by atoms with Crippen molar-refractivity contribution < 1.29 is 31.4 Å². The molecule has 0 bridgehead atoms. The van der Waals surface area contributed by atoms with Crippen molar-refractivity contribution >= 4 is 20.2 Å². The van der Waals surface area contributed by atoms with Crippen molar-refractivity contribution in [3.63, 3.8) is 0 Å². The van der Waals surface area contributed by atoms with Crippen LogP contribution in [-0.4, -0.2) is 68.1 Å². The predicted octanol–water partition coefficient (Wildman–Crippen LogP) is 1.55. The Balaban J connectivity index is 0.000000523. The predicted molar refractivity (Wildman–Crippen MR) is 115 cm³/mol. The van der Waals surface area contributed by atoms with E-state index in [0.717, 1.165) is 0 Å². The van der Waals surface area contributed by atoms with E-state index in [1.807, 2.05) is 0 Å². The Hall–Kier alpha value is -0.300. The highest BCUT2D eigenvalue weighted by molar-refractivity contribution is 7.86. The van der Waals surface area contributed by atoms with Crippen LogP contribution in [0.3, 0.4) is 0 Å². The maximum Gasteiger partial charge on any atom is 0.264 e. The minimum atomic E-state index is -3.77. The fourth-order valence-corrected chi connectivity index (χ4v) is 4.75. The highest BCUT2D eigenvalue weighted by Crippen LogP contribution is 2.17. The van der Waals surface area contributed by atoms with Gasteiger partial charge in [0, 0.05) is 12.1 Å². The molecule has 2 aliphatic rings. The van der Waals surface area contributed by atoms with Gasteiger partial charge in [-0.05, 0) is 51.6 Å². The molecule has 0 unspecified atom stereocenters. The Bertz CT molecular complexity index is 546. The van der Waals surface area contributed by atoms with Crippen LogP contribution in [0.15, 0.2) is 0 Å². The molecule has 9 nitrogen and oxygen atoms in total. The number of nitrogens with one attached hydrogen (secondary N) is 2. The summed E-state index contributed by atoms with van der Waals surface area (Å²) in [5.41, 5.74) is 0. The summed E-state index contributed by atoms with van der Waals surface area (Å²) < 4.78 is 58.6. The van der Waals surface area contributed by atoms with Crippen molar-refractivity contribution in [2.75, 3.05) is 24.6 Å². The molecule has 0 saturated heterocycles. The zero-order chi connectivity index (χ0) is 20.9. The molecular weight excluding hydrogens is 420 g/mol. The van der Waals surface area contributed by atoms with E-state index in [4.69, 9.17) is 9.11 Å². The highest BCUT2D eigenvalue weighted by Gasteiger charge is 2.13. The maximum atomic E-state index is 10.4. The zero-order valence-corrected chi connectivity index (χ0v) is 18.9. The van der Waals surface area contributed by atoms with Crippen LogP contribution < -0.4 is 10.6 Å². The van der Waals surface area contributed by atoms with Crippen molar-refractivity contribution in [3.05, 3.63) is 0 Å². The Kier molecular flexibility index (Phi) is 15.3. The van der Waals surface area contributed by atoms with Crippen LogP contribution in [0, 0.1) is 0 Å². The van der Waals surface area contributed by atoms with Crippen LogP contribution in [0.25, 0.3) is 0 Å². The Morgan fingerprint density at radius 2 is 0.931 bits per heavy atom. The van der Waals surface area contributed by atoms with Crippen molar-refractivity contribution in [1.29, 1.82) is 0 Å². The minimum absolute atomic E-state index is 0. The zero-order valence-electron chi connectivity index (χ0n) is 17.3. The van der Waals surface area contributed by atoms with Gasteiger partial charge in [0.25, 0.3) is 20.2 Å². The molecule has 0 amide bonds. The lowest BCUT2D eigenvalue weighted by Gasteiger charge is -2.22. The second-order valence-electron chi connectivity index (χ2n) is 7.86. The van der Waals surface area contributed by atoms with Crippen LogP contribution in [0.2, 0.25) is 0 Å². The molecule has 29 heavy (non-hydrogen) atoms. The summed E-state index contributed by atoms with van der Waals surface area (Å²) in [6.45, 7) is 1.37. The van der Waals surface area contributed by atoms with Crippen molar-refractivity contribution in [1.82, 2.24) is 10.6 Å². The first-order chi connectivity index (χ1) is 13.2. The molecule has 6 N–H and O–H groups in total. The van der Waals surface area contributed by atoms with Crippen LogP contribution in [0.4, 0.5) is 0 Å². The van der Waals surface area contributed by atoms with Gasteiger partial charge in [-0.2, -0.15) is 16.8 Å². The molecule has 2 aliphatic carbocycles. The third-order valence-corrected chi connectivity index (χ3v) is 6.84. The van der Waals surface area contributed by atoms with Gasteiger partial charge in [0.1, 0.15) is 0 Å². The SMILES string of the molecule is O.O=S(=O)(O)CCCNC1CCCCC1.O=S(=O)(O)CCCNC1CCCCC1. The molecule has 0 aromatic heterocycles. The molecule has 0 aromatic carbocycles. The maximum absolute atomic E-state index is 10.4. The molecule has 0 aliphatic heterocycles. The second-order valence-corrected chi connectivity index (χ2v) is 11.0. The molecule has 0 heterocycles. The van der Waals surface area contributed by atoms with Gasteiger partial charge in [-0.25, -0.2) is 0 Å². The summed E-state index contributed by atoms with van der Waals surface area (Å²) in [4.78, 5) is 0. The third-order valence-electron chi connectivity index (χ3n) is 5.23. The number of hydrogen-bond donors (Lipinski definition) is 4. The fraction of sp³-hybridized carbons (Fsp3) is 1.00. The van der Waals surface area contributed by atoms with Crippen LogP contribution in [0.5, 0.6) is 0 Å². The largest absolute Gasteiger partial charge is 0.412 e. The molecule has 176 valence electrons. The number of hydrogen-bond acceptors (Lipinski definition) is 6. The van der Waals surface area contributed by atoms with E-state index in [9.17, 15) is 16.8 Å². The van der Waals surface area contributed by atoms with Gasteiger partial charge in [0.2, 0.25) is 0 Å². The molecule has 0 atom stereocenters. The smallest absolute Gasteiger partial charge is 0.264 e. The minimum Gasteiger partial charge on any atom is -0.412 e. The molecule has 0 spiro atoms. The van der Waals surface area contributed by atoms with Crippen LogP contribution >= 0.6 is 0 Å². The van der Waals surface area contributed by atoms with Crippen molar-refractivity contribution in [2.45, 2.75) is 89.1 Å². The monoisotopic (exact) mass is 460 g/mol. The highest BCUT2D eigenvalue weighted by atomic mass is 32.2. The van der Waals surface area contributed by atoms with Gasteiger partial charge in [0.05, 0.1) is 11.5 Å². The first-order valence-corrected chi connectivity index (χ1v) is 13.7. The van der Waals surface area contributed by atoms with Crippen molar-refractivity contribution in [3.8, 4) is 0 Å². The van der Waals surface area contributed by atoms with Gasteiger partial charge >= 0.3 is 0 Å². The molecule has 11 heteroatoms. The number of rotatable bonds is 10. The Morgan fingerprint density at radius 3 is 1.21 bits per heavy atom. The van der Waals surface area contributed by atoms with Gasteiger partial charge < -0.3 is 16.1 Å². The summed E-state index contributed by atoms with van der Waals surface area (Å²) >= 11 is 0. The lowest BCUT2D eigenvalue weighted by molar-refractivity contribution is 0.373. The molecular formula is C18H40N2O7S2. The second kappa shape index (κ2) is 15.5. The first-order valence-electron chi connectivity index (χ1n) is 10.5. The van der Waals surface area contributed by atoms with Crippen LogP contribution in [-0.2, 0) is 20.2 Å². The Labute approximate surface area is 176 Å². The topological polar surface area (TPSA) is 164 Å². The average molecular weight is 461 g/mol. The van der Waals surface area contributed by atoms with E-state index in [2.05, 4.69) is 10.6 Å². The van der Waals surface area contributed by atoms with Crippen molar-refractivity contribution in [2.24, 2.45) is 0 Å². The standard InChI is InChI=1S/2C9H19NO3S.H2O/c2*11-14(12,13)8-4-7-10-9-5-2-1-3-6-9;/h2*9-10H,1-8H2,(H,11,12,13);1H2. The van der Waals surface area contributed by atoms with E-state index in [0.29, 0.717) is 38.0 Å². The quantitative estimate of drug-likeness (QED) is 0.281. The lowest BCUT2D eigenvalue weighted by Crippen LogP contribution is -2.32. The van der Waals surface area contributed by atoms with Gasteiger partial charge in [-0.3, -0.25) is 9.11 Å². The molecule has 2 fully saturated rings. The van der Waals surface area contributed by atoms with Gasteiger partial charge in [0.15, 0.2) is 0 Å². The molecule has 2 rings (SSSR count). The van der Waals surface area contributed by atoms with E-state index < -0.39 is 20.2 Å². The van der Waals surface area contributed by atoms with E-state index in [-0.39, 0.29) is 17.0 Å². The molecule has 2 saturated carbocycles. The third kappa shape index (κ3) is 18.2.